The minimum Gasteiger partial charge on any atom is -0.378 e. The van der Waals surface area contributed by atoms with Gasteiger partial charge in [-0.2, -0.15) is 0 Å². The Kier molecular flexibility index (Phi) is 13.5. The second-order valence-electron chi connectivity index (χ2n) is 7.01. The number of piperidine rings is 1. The van der Waals surface area contributed by atoms with Gasteiger partial charge in [-0.1, -0.05) is 37.8 Å². The van der Waals surface area contributed by atoms with Crippen LogP contribution < -0.4 is 5.32 Å². The number of hydrogen-bond donors (Lipinski definition) is 1. The molecule has 0 bridgehead atoms. The van der Waals surface area contributed by atoms with E-state index in [2.05, 4.69) is 40.8 Å². The molecule has 1 saturated heterocycles. The lowest BCUT2D eigenvalue weighted by atomic mass is 9.99. The Labute approximate surface area is 164 Å². The van der Waals surface area contributed by atoms with E-state index in [1.54, 1.807) is 6.20 Å². The van der Waals surface area contributed by atoms with Gasteiger partial charge in [-0.25, -0.2) is 9.98 Å². The summed E-state index contributed by atoms with van der Waals surface area (Å²) >= 11 is 5.54. The standard InChI is InChI=1S/C20H37ClN4O/c1-4-25(20(22-3)24-15-12-21)16-11-18(2)8-6-5-7-17-26-19-9-13-23-14-10-19/h12,15,18-19,23H,3-11,13-14,16-17H2,1-2H3/b15-12+,24-20?. The van der Waals surface area contributed by atoms with Crippen LogP contribution in [0.2, 0.25) is 0 Å². The molecule has 6 heteroatoms. The Bertz CT molecular complexity index is 422. The fourth-order valence-electron chi connectivity index (χ4n) is 3.22. The van der Waals surface area contributed by atoms with Crippen molar-refractivity contribution in [2.24, 2.45) is 15.9 Å². The highest BCUT2D eigenvalue weighted by molar-refractivity contribution is 6.25. The monoisotopic (exact) mass is 384 g/mol. The molecule has 0 aromatic carbocycles. The van der Waals surface area contributed by atoms with E-state index in [-0.39, 0.29) is 0 Å². The molecule has 1 aliphatic rings. The molecular formula is C20H37ClN4O. The molecule has 0 spiro atoms. The number of ether oxygens (including phenoxy) is 1. The van der Waals surface area contributed by atoms with Gasteiger partial charge in [0.05, 0.1) is 6.10 Å². The van der Waals surface area contributed by atoms with Gasteiger partial charge in [0, 0.05) is 31.4 Å². The molecule has 1 unspecified atom stereocenters. The first-order valence-electron chi connectivity index (χ1n) is 10.1. The smallest absolute Gasteiger partial charge is 0.224 e. The molecular weight excluding hydrogens is 348 g/mol. The number of halogens is 1. The molecule has 0 amide bonds. The van der Waals surface area contributed by atoms with Gasteiger partial charge in [0.15, 0.2) is 0 Å². The van der Waals surface area contributed by atoms with Gasteiger partial charge in [0.25, 0.3) is 0 Å². The Morgan fingerprint density at radius 2 is 2.08 bits per heavy atom. The maximum absolute atomic E-state index is 5.96. The molecule has 0 saturated carbocycles. The van der Waals surface area contributed by atoms with E-state index < -0.39 is 0 Å². The minimum absolute atomic E-state index is 0.484. The van der Waals surface area contributed by atoms with Crippen LogP contribution in [0.5, 0.6) is 0 Å². The SMILES string of the molecule is C=NC(=N/C=C/Cl)N(CC)CCC(C)CCCCCOC1CCNCC1. The third-order valence-electron chi connectivity index (χ3n) is 4.93. The van der Waals surface area contributed by atoms with Gasteiger partial charge < -0.3 is 15.0 Å². The number of nitrogens with one attached hydrogen (secondary N) is 1. The number of rotatable bonds is 12. The lowest BCUT2D eigenvalue weighted by molar-refractivity contribution is 0.0306. The second kappa shape index (κ2) is 15.2. The molecule has 1 fully saturated rings. The van der Waals surface area contributed by atoms with Crippen molar-refractivity contribution in [3.63, 3.8) is 0 Å². The summed E-state index contributed by atoms with van der Waals surface area (Å²) in [5, 5.41) is 3.37. The quantitative estimate of drug-likeness (QED) is 0.307. The summed E-state index contributed by atoms with van der Waals surface area (Å²) in [6.45, 7) is 13.0. The van der Waals surface area contributed by atoms with Gasteiger partial charge in [-0.3, -0.25) is 0 Å². The normalized spacial score (nSPS) is 17.6. The summed E-state index contributed by atoms with van der Waals surface area (Å²) in [7, 11) is 0. The van der Waals surface area contributed by atoms with E-state index in [4.69, 9.17) is 16.3 Å². The first-order chi connectivity index (χ1) is 12.7. The predicted octanol–water partition coefficient (Wildman–Crippen LogP) is 4.43. The van der Waals surface area contributed by atoms with Gasteiger partial charge in [0.1, 0.15) is 0 Å². The van der Waals surface area contributed by atoms with Crippen LogP contribution in [0.3, 0.4) is 0 Å². The van der Waals surface area contributed by atoms with Crippen LogP contribution in [0.4, 0.5) is 0 Å². The van der Waals surface area contributed by atoms with E-state index >= 15 is 0 Å². The molecule has 5 nitrogen and oxygen atoms in total. The predicted molar refractivity (Wildman–Crippen MR) is 113 cm³/mol. The van der Waals surface area contributed by atoms with Crippen molar-refractivity contribution >= 4 is 24.3 Å². The molecule has 150 valence electrons. The number of nitrogens with zero attached hydrogens (tertiary/aromatic N) is 3. The maximum Gasteiger partial charge on any atom is 0.224 e. The highest BCUT2D eigenvalue weighted by atomic mass is 35.5. The molecule has 1 atom stereocenters. The van der Waals surface area contributed by atoms with E-state index in [1.165, 1.54) is 31.2 Å². The number of guanidine groups is 1. The van der Waals surface area contributed by atoms with Crippen molar-refractivity contribution in [3.8, 4) is 0 Å². The molecule has 0 radical (unpaired) electrons. The van der Waals surface area contributed by atoms with Gasteiger partial charge in [-0.15, -0.1) is 0 Å². The van der Waals surface area contributed by atoms with E-state index in [9.17, 15) is 0 Å². The number of aliphatic imine (C=N–C) groups is 2. The third-order valence-corrected chi connectivity index (χ3v) is 5.04. The van der Waals surface area contributed by atoms with Crippen LogP contribution in [0.15, 0.2) is 21.7 Å². The molecule has 1 aliphatic heterocycles. The molecule has 1 heterocycles. The molecule has 0 aromatic rings. The van der Waals surface area contributed by atoms with Crippen molar-refractivity contribution in [2.75, 3.05) is 32.8 Å². The van der Waals surface area contributed by atoms with E-state index in [0.29, 0.717) is 18.0 Å². The van der Waals surface area contributed by atoms with Crippen molar-refractivity contribution in [1.29, 1.82) is 0 Å². The van der Waals surface area contributed by atoms with Gasteiger partial charge >= 0.3 is 0 Å². The van der Waals surface area contributed by atoms with Crippen LogP contribution in [-0.4, -0.2) is 56.5 Å². The number of unbranched alkanes of at least 4 members (excludes halogenated alkanes) is 2. The fourth-order valence-corrected chi connectivity index (χ4v) is 3.28. The summed E-state index contributed by atoms with van der Waals surface area (Å²) < 4.78 is 5.96. The molecule has 1 rings (SSSR count). The molecule has 0 aromatic heterocycles. The van der Waals surface area contributed by atoms with Crippen LogP contribution in [0.1, 0.15) is 58.8 Å². The summed E-state index contributed by atoms with van der Waals surface area (Å²) in [5.41, 5.74) is 1.39. The summed E-state index contributed by atoms with van der Waals surface area (Å²) in [6, 6.07) is 0. The average molecular weight is 385 g/mol. The summed E-state index contributed by atoms with van der Waals surface area (Å²) in [4.78, 5) is 10.4. The average Bonchev–Trinajstić information content (AvgIpc) is 2.68. The highest BCUT2D eigenvalue weighted by Gasteiger charge is 2.13. The summed E-state index contributed by atoms with van der Waals surface area (Å²) in [6.07, 6.45) is 10.5. The molecule has 0 aliphatic carbocycles. The highest BCUT2D eigenvalue weighted by Crippen LogP contribution is 2.15. The molecule has 26 heavy (non-hydrogen) atoms. The fraction of sp³-hybridized carbons (Fsp3) is 0.800. The lowest BCUT2D eigenvalue weighted by Crippen LogP contribution is -2.32. The number of hydrogen-bond acceptors (Lipinski definition) is 3. The van der Waals surface area contributed by atoms with Crippen LogP contribution in [0, 0.1) is 5.92 Å². The Morgan fingerprint density at radius 1 is 1.31 bits per heavy atom. The first-order valence-corrected chi connectivity index (χ1v) is 10.5. The van der Waals surface area contributed by atoms with Crippen LogP contribution in [-0.2, 0) is 4.74 Å². The Hall–Kier alpha value is -0.910. The zero-order chi connectivity index (χ0) is 19.0. The van der Waals surface area contributed by atoms with Crippen molar-refractivity contribution in [1.82, 2.24) is 10.2 Å². The maximum atomic E-state index is 5.96. The van der Waals surface area contributed by atoms with Gasteiger partial charge in [-0.05, 0) is 58.3 Å². The zero-order valence-electron chi connectivity index (χ0n) is 16.6. The van der Waals surface area contributed by atoms with Crippen molar-refractivity contribution in [2.45, 2.75) is 64.9 Å². The largest absolute Gasteiger partial charge is 0.378 e. The lowest BCUT2D eigenvalue weighted by Gasteiger charge is -2.23. The van der Waals surface area contributed by atoms with Crippen molar-refractivity contribution < 1.29 is 4.74 Å². The van der Waals surface area contributed by atoms with Crippen LogP contribution in [0.25, 0.3) is 0 Å². The van der Waals surface area contributed by atoms with Gasteiger partial charge in [0.2, 0.25) is 5.96 Å². The minimum atomic E-state index is 0.484. The second-order valence-corrected chi connectivity index (χ2v) is 7.26. The summed E-state index contributed by atoms with van der Waals surface area (Å²) in [5.74, 6) is 1.34. The van der Waals surface area contributed by atoms with E-state index in [1.807, 2.05) is 0 Å². The van der Waals surface area contributed by atoms with Crippen molar-refractivity contribution in [3.05, 3.63) is 11.7 Å². The molecule has 1 N–H and O–H groups in total. The topological polar surface area (TPSA) is 49.2 Å². The van der Waals surface area contributed by atoms with E-state index in [0.717, 1.165) is 52.0 Å². The Balaban J connectivity index is 2.11. The third kappa shape index (κ3) is 10.3. The zero-order valence-corrected chi connectivity index (χ0v) is 17.4. The first kappa shape index (κ1) is 23.1. The van der Waals surface area contributed by atoms with Crippen LogP contribution >= 0.6 is 11.6 Å². The Morgan fingerprint density at radius 3 is 2.73 bits per heavy atom.